The first-order valence-electron chi connectivity index (χ1n) is 6.13. The Bertz CT molecular complexity index is 755. The smallest absolute Gasteiger partial charge is 0.261 e. The zero-order valence-corrected chi connectivity index (χ0v) is 12.1. The van der Waals surface area contributed by atoms with Crippen molar-refractivity contribution in [1.29, 1.82) is 0 Å². The molecule has 4 N–H and O–H groups in total. The van der Waals surface area contributed by atoms with Crippen molar-refractivity contribution in [3.8, 4) is 0 Å². The lowest BCUT2D eigenvalue weighted by Crippen LogP contribution is -2.13. The number of carbonyl (C=O) groups is 1. The van der Waals surface area contributed by atoms with Gasteiger partial charge in [0.2, 0.25) is 5.91 Å². The van der Waals surface area contributed by atoms with Crippen molar-refractivity contribution in [2.24, 2.45) is 0 Å². The molecular formula is C14H15N3O3S. The van der Waals surface area contributed by atoms with Crippen LogP contribution in [0.4, 0.5) is 17.1 Å². The van der Waals surface area contributed by atoms with Crippen LogP contribution < -0.4 is 15.8 Å². The van der Waals surface area contributed by atoms with Crippen molar-refractivity contribution in [3.05, 3.63) is 48.5 Å². The van der Waals surface area contributed by atoms with E-state index in [1.165, 1.54) is 37.3 Å². The molecule has 0 aliphatic heterocycles. The molecule has 0 aliphatic rings. The number of nitrogen functional groups attached to an aromatic ring is 1. The summed E-state index contributed by atoms with van der Waals surface area (Å²) in [5.74, 6) is -0.219. The minimum atomic E-state index is -3.69. The van der Waals surface area contributed by atoms with Gasteiger partial charge < -0.3 is 11.1 Å². The summed E-state index contributed by atoms with van der Waals surface area (Å²) in [6, 6.07) is 12.3. The zero-order valence-electron chi connectivity index (χ0n) is 11.3. The van der Waals surface area contributed by atoms with Crippen molar-refractivity contribution < 1.29 is 13.2 Å². The van der Waals surface area contributed by atoms with Gasteiger partial charge in [-0.05, 0) is 42.5 Å². The Hall–Kier alpha value is -2.54. The second-order valence-electron chi connectivity index (χ2n) is 4.44. The summed E-state index contributed by atoms with van der Waals surface area (Å²) >= 11 is 0. The zero-order chi connectivity index (χ0) is 15.5. The van der Waals surface area contributed by atoms with E-state index in [0.717, 1.165) is 0 Å². The molecule has 21 heavy (non-hydrogen) atoms. The van der Waals surface area contributed by atoms with Crippen LogP contribution in [0.2, 0.25) is 0 Å². The predicted molar refractivity (Wildman–Crippen MR) is 82.4 cm³/mol. The van der Waals surface area contributed by atoms with Gasteiger partial charge in [-0.15, -0.1) is 0 Å². The number of benzene rings is 2. The summed E-state index contributed by atoms with van der Waals surface area (Å²) < 4.78 is 26.9. The highest BCUT2D eigenvalue weighted by molar-refractivity contribution is 7.92. The Balaban J connectivity index is 2.21. The highest BCUT2D eigenvalue weighted by Gasteiger charge is 2.14. The van der Waals surface area contributed by atoms with E-state index in [1.807, 2.05) is 0 Å². The van der Waals surface area contributed by atoms with Crippen molar-refractivity contribution in [2.45, 2.75) is 11.8 Å². The minimum Gasteiger partial charge on any atom is -0.399 e. The molecule has 0 spiro atoms. The minimum absolute atomic E-state index is 0.0963. The van der Waals surface area contributed by atoms with Crippen molar-refractivity contribution in [1.82, 2.24) is 0 Å². The molecule has 7 heteroatoms. The van der Waals surface area contributed by atoms with Crippen LogP contribution in [0.3, 0.4) is 0 Å². The number of anilines is 3. The summed E-state index contributed by atoms with van der Waals surface area (Å²) in [7, 11) is -3.69. The first kappa shape index (κ1) is 14.9. The fourth-order valence-corrected chi connectivity index (χ4v) is 2.79. The maximum absolute atomic E-state index is 12.2. The van der Waals surface area contributed by atoms with Gasteiger partial charge in [-0.2, -0.15) is 0 Å². The monoisotopic (exact) mass is 305 g/mol. The molecule has 0 atom stereocenters. The molecule has 0 aromatic heterocycles. The number of hydrogen-bond acceptors (Lipinski definition) is 4. The van der Waals surface area contributed by atoms with E-state index in [1.54, 1.807) is 18.2 Å². The van der Waals surface area contributed by atoms with Gasteiger partial charge in [0, 0.05) is 18.3 Å². The molecule has 0 bridgehead atoms. The average Bonchev–Trinajstić information content (AvgIpc) is 2.38. The third kappa shape index (κ3) is 3.96. The lowest BCUT2D eigenvalue weighted by atomic mass is 10.3. The molecular weight excluding hydrogens is 290 g/mol. The van der Waals surface area contributed by atoms with Gasteiger partial charge in [-0.1, -0.05) is 6.07 Å². The Labute approximate surface area is 123 Å². The van der Waals surface area contributed by atoms with E-state index in [2.05, 4.69) is 10.0 Å². The summed E-state index contributed by atoms with van der Waals surface area (Å²) in [6.45, 7) is 1.38. The molecule has 0 heterocycles. The van der Waals surface area contributed by atoms with Crippen LogP contribution in [0.5, 0.6) is 0 Å². The van der Waals surface area contributed by atoms with E-state index >= 15 is 0 Å². The number of hydrogen-bond donors (Lipinski definition) is 3. The van der Waals surface area contributed by atoms with Crippen molar-refractivity contribution in [2.75, 3.05) is 15.8 Å². The highest BCUT2D eigenvalue weighted by atomic mass is 32.2. The molecule has 2 aromatic carbocycles. The van der Waals surface area contributed by atoms with Crippen LogP contribution in [0, 0.1) is 0 Å². The van der Waals surface area contributed by atoms with E-state index in [0.29, 0.717) is 17.1 Å². The van der Waals surface area contributed by atoms with Gasteiger partial charge in [0.1, 0.15) is 0 Å². The fourth-order valence-electron chi connectivity index (χ4n) is 1.74. The van der Waals surface area contributed by atoms with Crippen LogP contribution in [0.1, 0.15) is 6.92 Å². The molecule has 0 unspecified atom stereocenters. The summed E-state index contributed by atoms with van der Waals surface area (Å²) in [4.78, 5) is 11.0. The van der Waals surface area contributed by atoms with Gasteiger partial charge in [0.15, 0.2) is 0 Å². The Morgan fingerprint density at radius 2 is 1.71 bits per heavy atom. The molecule has 0 saturated heterocycles. The predicted octanol–water partition coefficient (Wildman–Crippen LogP) is 2.03. The van der Waals surface area contributed by atoms with Gasteiger partial charge in [0.25, 0.3) is 10.0 Å². The summed E-state index contributed by atoms with van der Waals surface area (Å²) in [5, 5.41) is 2.57. The Morgan fingerprint density at radius 3 is 2.29 bits per heavy atom. The number of nitrogens with one attached hydrogen (secondary N) is 2. The standard InChI is InChI=1S/C14H15N3O3S/c1-10(18)16-12-5-7-14(8-6-12)21(19,20)17-13-4-2-3-11(15)9-13/h2-9,17H,15H2,1H3,(H,16,18). The molecule has 0 fully saturated rings. The lowest BCUT2D eigenvalue weighted by Gasteiger charge is -2.09. The van der Waals surface area contributed by atoms with E-state index in [9.17, 15) is 13.2 Å². The first-order valence-corrected chi connectivity index (χ1v) is 7.61. The molecule has 0 saturated carbocycles. The third-order valence-corrected chi connectivity index (χ3v) is 4.02. The lowest BCUT2D eigenvalue weighted by molar-refractivity contribution is -0.114. The van der Waals surface area contributed by atoms with Crippen LogP contribution in [-0.2, 0) is 14.8 Å². The first-order chi connectivity index (χ1) is 9.87. The van der Waals surface area contributed by atoms with Crippen LogP contribution in [0.25, 0.3) is 0 Å². The molecule has 0 aliphatic carbocycles. The van der Waals surface area contributed by atoms with Crippen molar-refractivity contribution >= 4 is 33.0 Å². The SMILES string of the molecule is CC(=O)Nc1ccc(S(=O)(=O)Nc2cccc(N)c2)cc1. The molecule has 1 amide bonds. The fraction of sp³-hybridized carbons (Fsp3) is 0.0714. The number of rotatable bonds is 4. The van der Waals surface area contributed by atoms with E-state index in [-0.39, 0.29) is 10.8 Å². The van der Waals surface area contributed by atoms with Crippen LogP contribution in [-0.4, -0.2) is 14.3 Å². The molecule has 2 aromatic rings. The quantitative estimate of drug-likeness (QED) is 0.752. The van der Waals surface area contributed by atoms with Gasteiger partial charge in [-0.3, -0.25) is 9.52 Å². The molecule has 6 nitrogen and oxygen atoms in total. The van der Waals surface area contributed by atoms with E-state index < -0.39 is 10.0 Å². The number of nitrogens with two attached hydrogens (primary N) is 1. The van der Waals surface area contributed by atoms with Gasteiger partial charge >= 0.3 is 0 Å². The number of sulfonamides is 1. The van der Waals surface area contributed by atoms with E-state index in [4.69, 9.17) is 5.73 Å². The second-order valence-corrected chi connectivity index (χ2v) is 6.12. The maximum Gasteiger partial charge on any atom is 0.261 e. The molecule has 110 valence electrons. The Kier molecular flexibility index (Phi) is 4.13. The maximum atomic E-state index is 12.2. The molecule has 0 radical (unpaired) electrons. The van der Waals surface area contributed by atoms with Gasteiger partial charge in [-0.25, -0.2) is 8.42 Å². The normalized spacial score (nSPS) is 10.9. The molecule has 2 rings (SSSR count). The topological polar surface area (TPSA) is 101 Å². The Morgan fingerprint density at radius 1 is 1.05 bits per heavy atom. The highest BCUT2D eigenvalue weighted by Crippen LogP contribution is 2.19. The second kappa shape index (κ2) is 5.84. The van der Waals surface area contributed by atoms with Gasteiger partial charge in [0.05, 0.1) is 10.6 Å². The van der Waals surface area contributed by atoms with Crippen LogP contribution in [0.15, 0.2) is 53.4 Å². The summed E-state index contributed by atoms with van der Waals surface area (Å²) in [5.41, 5.74) is 7.00. The average molecular weight is 305 g/mol. The van der Waals surface area contributed by atoms with Crippen molar-refractivity contribution in [3.63, 3.8) is 0 Å². The number of amides is 1. The van der Waals surface area contributed by atoms with Crippen LogP contribution >= 0.6 is 0 Å². The third-order valence-electron chi connectivity index (χ3n) is 2.62. The number of carbonyl (C=O) groups excluding carboxylic acids is 1. The summed E-state index contributed by atoms with van der Waals surface area (Å²) in [6.07, 6.45) is 0. The largest absolute Gasteiger partial charge is 0.399 e.